The summed E-state index contributed by atoms with van der Waals surface area (Å²) < 4.78 is 2.82. The van der Waals surface area contributed by atoms with Crippen LogP contribution in [-0.2, 0) is 16.1 Å². The predicted octanol–water partition coefficient (Wildman–Crippen LogP) is 3.55. The highest BCUT2D eigenvalue weighted by Gasteiger charge is 2.37. The van der Waals surface area contributed by atoms with Gasteiger partial charge in [-0.3, -0.25) is 14.9 Å². The van der Waals surface area contributed by atoms with E-state index in [1.807, 2.05) is 26.8 Å². The third-order valence-electron chi connectivity index (χ3n) is 4.40. The highest BCUT2D eigenvalue weighted by Crippen LogP contribution is 2.26. The van der Waals surface area contributed by atoms with Gasteiger partial charge >= 0.3 is 6.03 Å². The molecule has 3 rings (SSSR count). The van der Waals surface area contributed by atoms with Crippen molar-refractivity contribution in [2.45, 2.75) is 27.3 Å². The first-order chi connectivity index (χ1) is 12.3. The molecule has 7 heteroatoms. The second kappa shape index (κ2) is 6.92. The molecule has 0 radical (unpaired) electrons. The number of aromatic nitrogens is 1. The number of imide groups is 2. The number of benzene rings is 1. The zero-order valence-electron chi connectivity index (χ0n) is 14.7. The molecular weight excluding hydrogens is 398 g/mol. The highest BCUT2D eigenvalue weighted by atomic mass is 79.9. The number of aryl methyl sites for hydroxylation is 1. The molecule has 1 aliphatic rings. The van der Waals surface area contributed by atoms with Crippen LogP contribution in [0.25, 0.3) is 6.08 Å². The third kappa shape index (κ3) is 3.10. The fourth-order valence-corrected chi connectivity index (χ4v) is 3.51. The van der Waals surface area contributed by atoms with E-state index in [0.717, 1.165) is 32.9 Å². The van der Waals surface area contributed by atoms with Gasteiger partial charge < -0.3 is 4.57 Å². The molecule has 1 fully saturated rings. The summed E-state index contributed by atoms with van der Waals surface area (Å²) in [5.41, 5.74) is 3.11. The van der Waals surface area contributed by atoms with Crippen LogP contribution in [0.4, 0.5) is 10.5 Å². The Hall–Kier alpha value is -2.67. The number of nitrogens with one attached hydrogen (secondary N) is 1. The lowest BCUT2D eigenvalue weighted by Crippen LogP contribution is -2.54. The fourth-order valence-electron chi connectivity index (χ4n) is 3.12. The van der Waals surface area contributed by atoms with E-state index in [4.69, 9.17) is 0 Å². The zero-order chi connectivity index (χ0) is 19.0. The molecule has 0 atom stereocenters. The maximum atomic E-state index is 12.9. The van der Waals surface area contributed by atoms with Gasteiger partial charge in [0, 0.05) is 22.4 Å². The fraction of sp³-hybridized carbons (Fsp3) is 0.211. The van der Waals surface area contributed by atoms with Crippen LogP contribution < -0.4 is 10.2 Å². The average molecular weight is 416 g/mol. The molecule has 0 spiro atoms. The maximum Gasteiger partial charge on any atom is 0.335 e. The number of rotatable bonds is 3. The number of anilines is 1. The Balaban J connectivity index is 2.06. The Labute approximate surface area is 159 Å². The van der Waals surface area contributed by atoms with Crippen LogP contribution >= 0.6 is 15.9 Å². The third-order valence-corrected chi connectivity index (χ3v) is 4.89. The number of hydrogen-bond donors (Lipinski definition) is 1. The van der Waals surface area contributed by atoms with Gasteiger partial charge in [0.15, 0.2) is 0 Å². The van der Waals surface area contributed by atoms with Crippen LogP contribution in [0, 0.1) is 13.8 Å². The molecule has 4 amide bonds. The first-order valence-electron chi connectivity index (χ1n) is 8.17. The first-order valence-corrected chi connectivity index (χ1v) is 8.96. The van der Waals surface area contributed by atoms with Crippen LogP contribution in [-0.4, -0.2) is 22.4 Å². The van der Waals surface area contributed by atoms with Crippen LogP contribution in [0.3, 0.4) is 0 Å². The summed E-state index contributed by atoms with van der Waals surface area (Å²) in [6.45, 7) is 6.73. The van der Waals surface area contributed by atoms with Crippen molar-refractivity contribution >= 4 is 45.5 Å². The lowest BCUT2D eigenvalue weighted by molar-refractivity contribution is -0.122. The predicted molar refractivity (Wildman–Crippen MR) is 103 cm³/mol. The molecule has 0 unspecified atom stereocenters. The van der Waals surface area contributed by atoms with Crippen LogP contribution in [0.1, 0.15) is 23.9 Å². The van der Waals surface area contributed by atoms with Crippen LogP contribution in [0.5, 0.6) is 0 Å². The largest absolute Gasteiger partial charge is 0.349 e. The Morgan fingerprint density at radius 1 is 1.15 bits per heavy atom. The smallest absolute Gasteiger partial charge is 0.335 e. The number of carbonyl (C=O) groups excluding carboxylic acids is 3. The Bertz CT molecular complexity index is 959. The second-order valence-electron chi connectivity index (χ2n) is 6.01. The minimum Gasteiger partial charge on any atom is -0.349 e. The molecule has 26 heavy (non-hydrogen) atoms. The molecule has 1 saturated heterocycles. The van der Waals surface area contributed by atoms with Gasteiger partial charge in [-0.1, -0.05) is 22.0 Å². The van der Waals surface area contributed by atoms with E-state index in [0.29, 0.717) is 5.69 Å². The molecule has 1 aromatic carbocycles. The molecule has 6 nitrogen and oxygen atoms in total. The van der Waals surface area contributed by atoms with Crippen LogP contribution in [0.2, 0.25) is 0 Å². The zero-order valence-corrected chi connectivity index (χ0v) is 16.3. The van der Waals surface area contributed by atoms with Crippen molar-refractivity contribution in [3.8, 4) is 0 Å². The Morgan fingerprint density at radius 3 is 2.50 bits per heavy atom. The first kappa shape index (κ1) is 18.1. The molecule has 2 heterocycles. The van der Waals surface area contributed by atoms with Crippen molar-refractivity contribution < 1.29 is 14.4 Å². The number of amides is 4. The average Bonchev–Trinajstić information content (AvgIpc) is 2.84. The monoisotopic (exact) mass is 415 g/mol. The molecule has 134 valence electrons. The van der Waals surface area contributed by atoms with Gasteiger partial charge in [0.2, 0.25) is 0 Å². The van der Waals surface area contributed by atoms with E-state index in [1.165, 1.54) is 0 Å². The van der Waals surface area contributed by atoms with Gasteiger partial charge in [-0.15, -0.1) is 0 Å². The summed E-state index contributed by atoms with van der Waals surface area (Å²) >= 11 is 3.32. The SMILES string of the molecule is CCn1c(C)cc(/C=C2\C(=O)NC(=O)N(c3cccc(Br)c3)C2=O)c1C. The normalized spacial score (nSPS) is 16.4. The van der Waals surface area contributed by atoms with Gasteiger partial charge in [0.1, 0.15) is 5.57 Å². The summed E-state index contributed by atoms with van der Waals surface area (Å²) in [4.78, 5) is 38.4. The summed E-state index contributed by atoms with van der Waals surface area (Å²) in [5, 5.41) is 2.24. The molecule has 1 aliphatic heterocycles. The molecule has 2 aromatic rings. The molecule has 0 saturated carbocycles. The van der Waals surface area contributed by atoms with Crippen molar-refractivity contribution in [2.75, 3.05) is 4.90 Å². The van der Waals surface area contributed by atoms with Crippen molar-refractivity contribution in [2.24, 2.45) is 0 Å². The van der Waals surface area contributed by atoms with Crippen molar-refractivity contribution in [1.82, 2.24) is 9.88 Å². The minimum atomic E-state index is -0.755. The molecule has 1 N–H and O–H groups in total. The van der Waals surface area contributed by atoms with E-state index >= 15 is 0 Å². The van der Waals surface area contributed by atoms with Crippen LogP contribution in [0.15, 0.2) is 40.4 Å². The van der Waals surface area contributed by atoms with E-state index in [9.17, 15) is 14.4 Å². The van der Waals surface area contributed by atoms with Crippen molar-refractivity contribution in [1.29, 1.82) is 0 Å². The van der Waals surface area contributed by atoms with Gasteiger partial charge in [0.25, 0.3) is 11.8 Å². The van der Waals surface area contributed by atoms with Gasteiger partial charge in [-0.2, -0.15) is 0 Å². The van der Waals surface area contributed by atoms with Crippen molar-refractivity contribution in [3.05, 3.63) is 57.3 Å². The van der Waals surface area contributed by atoms with Gasteiger partial charge in [-0.25, -0.2) is 9.69 Å². The molecule has 0 bridgehead atoms. The van der Waals surface area contributed by atoms with E-state index in [-0.39, 0.29) is 5.57 Å². The molecule has 0 aliphatic carbocycles. The summed E-state index contributed by atoms with van der Waals surface area (Å²) in [6.07, 6.45) is 1.55. The summed E-state index contributed by atoms with van der Waals surface area (Å²) in [7, 11) is 0. The standard InChI is InChI=1S/C19H18BrN3O3/c1-4-22-11(2)8-13(12(22)3)9-16-17(24)21-19(26)23(18(16)25)15-7-5-6-14(20)10-15/h5-10H,4H2,1-3H3,(H,21,24,26)/b16-9+. The number of hydrogen-bond acceptors (Lipinski definition) is 3. The second-order valence-corrected chi connectivity index (χ2v) is 6.92. The quantitative estimate of drug-likeness (QED) is 0.615. The summed E-state index contributed by atoms with van der Waals surface area (Å²) in [5.74, 6) is -1.33. The number of carbonyl (C=O) groups is 3. The number of nitrogens with zero attached hydrogens (tertiary/aromatic N) is 2. The maximum absolute atomic E-state index is 12.9. The topological polar surface area (TPSA) is 71.4 Å². The molecular formula is C19H18BrN3O3. The molecule has 1 aromatic heterocycles. The number of barbiturate groups is 1. The van der Waals surface area contributed by atoms with Gasteiger partial charge in [-0.05, 0) is 56.7 Å². The van der Waals surface area contributed by atoms with E-state index in [1.54, 1.807) is 30.3 Å². The van der Waals surface area contributed by atoms with Gasteiger partial charge in [0.05, 0.1) is 5.69 Å². The summed E-state index contributed by atoms with van der Waals surface area (Å²) in [6, 6.07) is 7.96. The number of halogens is 1. The minimum absolute atomic E-state index is 0.0686. The Morgan fingerprint density at radius 2 is 1.88 bits per heavy atom. The van der Waals surface area contributed by atoms with E-state index in [2.05, 4.69) is 25.8 Å². The lowest BCUT2D eigenvalue weighted by Gasteiger charge is -2.26. The van der Waals surface area contributed by atoms with E-state index < -0.39 is 17.8 Å². The lowest BCUT2D eigenvalue weighted by atomic mass is 10.1. The number of urea groups is 1. The highest BCUT2D eigenvalue weighted by molar-refractivity contribution is 9.10. The van der Waals surface area contributed by atoms with Crippen molar-refractivity contribution in [3.63, 3.8) is 0 Å². The Kier molecular flexibility index (Phi) is 4.82.